The number of piperidine rings is 1. The number of rotatable bonds is 4. The Kier molecular flexibility index (Phi) is 4.52. The molecule has 1 aromatic carbocycles. The van der Waals surface area contributed by atoms with Gasteiger partial charge in [-0.2, -0.15) is 5.10 Å². The van der Waals surface area contributed by atoms with E-state index in [2.05, 4.69) is 15.7 Å². The van der Waals surface area contributed by atoms with Gasteiger partial charge in [-0.3, -0.25) is 4.79 Å². The normalized spacial score (nSPS) is 18.3. The van der Waals surface area contributed by atoms with Crippen molar-refractivity contribution >= 4 is 17.5 Å². The molecule has 1 aliphatic carbocycles. The Morgan fingerprint density at radius 1 is 1.28 bits per heavy atom. The summed E-state index contributed by atoms with van der Waals surface area (Å²) < 4.78 is 1.89. The largest absolute Gasteiger partial charge is 0.349 e. The number of hydrogen-bond donors (Lipinski definition) is 2. The molecule has 0 bridgehead atoms. The summed E-state index contributed by atoms with van der Waals surface area (Å²) in [5, 5.41) is 11.7. The lowest BCUT2D eigenvalue weighted by Gasteiger charge is -2.23. The van der Waals surface area contributed by atoms with Gasteiger partial charge < -0.3 is 10.6 Å². The molecule has 2 aromatic rings. The molecule has 0 radical (unpaired) electrons. The Morgan fingerprint density at radius 2 is 2.04 bits per heavy atom. The molecule has 1 amide bonds. The first-order valence-electron chi connectivity index (χ1n) is 8.99. The van der Waals surface area contributed by atoms with E-state index >= 15 is 0 Å². The van der Waals surface area contributed by atoms with E-state index in [1.807, 2.05) is 29.8 Å². The van der Waals surface area contributed by atoms with Gasteiger partial charge in [0.25, 0.3) is 5.91 Å². The van der Waals surface area contributed by atoms with Crippen molar-refractivity contribution in [3.63, 3.8) is 0 Å². The van der Waals surface area contributed by atoms with E-state index in [1.165, 1.54) is 0 Å². The van der Waals surface area contributed by atoms with Crippen LogP contribution in [0.25, 0.3) is 5.69 Å². The summed E-state index contributed by atoms with van der Waals surface area (Å²) >= 11 is 6.28. The molecular weight excluding hydrogens is 336 g/mol. The fourth-order valence-electron chi connectivity index (χ4n) is 3.43. The zero-order valence-corrected chi connectivity index (χ0v) is 15.1. The lowest BCUT2D eigenvalue weighted by atomic mass is 10.1. The second-order valence-corrected chi connectivity index (χ2v) is 7.47. The molecule has 1 saturated carbocycles. The first-order chi connectivity index (χ1) is 12.1. The third kappa shape index (κ3) is 3.44. The van der Waals surface area contributed by atoms with Crippen molar-refractivity contribution in [2.75, 3.05) is 13.1 Å². The molecule has 6 heteroatoms. The predicted molar refractivity (Wildman–Crippen MR) is 98.6 cm³/mol. The minimum atomic E-state index is -0.00161. The maximum absolute atomic E-state index is 12.8. The van der Waals surface area contributed by atoms with Gasteiger partial charge in [0.15, 0.2) is 0 Å². The van der Waals surface area contributed by atoms with E-state index in [0.717, 1.165) is 60.7 Å². The average molecular weight is 359 g/mol. The Morgan fingerprint density at radius 3 is 2.72 bits per heavy atom. The van der Waals surface area contributed by atoms with Crippen LogP contribution in [0.15, 0.2) is 24.4 Å². The van der Waals surface area contributed by atoms with Crippen molar-refractivity contribution in [1.29, 1.82) is 0 Å². The summed E-state index contributed by atoms with van der Waals surface area (Å²) in [5.41, 5.74) is 3.68. The second kappa shape index (κ2) is 6.81. The van der Waals surface area contributed by atoms with E-state index in [0.29, 0.717) is 11.5 Å². The first kappa shape index (κ1) is 16.6. The number of carbonyl (C=O) groups excluding carboxylic acids is 1. The number of hydrogen-bond acceptors (Lipinski definition) is 3. The van der Waals surface area contributed by atoms with Gasteiger partial charge in [0.05, 0.1) is 23.1 Å². The molecule has 1 aliphatic heterocycles. The van der Waals surface area contributed by atoms with Crippen LogP contribution in [-0.2, 0) is 0 Å². The molecule has 0 atom stereocenters. The standard InChI is InChI=1S/C19H23ClN4O/c1-12-2-5-15(10-17(12)20)24-18(13-3-4-13)16(11-22-24)19(25)23-14-6-8-21-9-7-14/h2,5,10-11,13-14,21H,3-4,6-9H2,1H3,(H,23,25). The first-order valence-corrected chi connectivity index (χ1v) is 9.37. The fraction of sp³-hybridized carbons (Fsp3) is 0.474. The minimum Gasteiger partial charge on any atom is -0.349 e. The molecule has 1 aromatic heterocycles. The topological polar surface area (TPSA) is 59.0 Å². The van der Waals surface area contributed by atoms with Gasteiger partial charge >= 0.3 is 0 Å². The number of halogens is 1. The zero-order chi connectivity index (χ0) is 17.4. The smallest absolute Gasteiger partial charge is 0.255 e. The van der Waals surface area contributed by atoms with Crippen molar-refractivity contribution in [2.45, 2.75) is 44.6 Å². The molecule has 0 spiro atoms. The van der Waals surface area contributed by atoms with Gasteiger partial charge in [-0.05, 0) is 63.4 Å². The molecule has 2 heterocycles. The summed E-state index contributed by atoms with van der Waals surface area (Å²) in [4.78, 5) is 12.8. The van der Waals surface area contributed by atoms with Crippen molar-refractivity contribution < 1.29 is 4.79 Å². The van der Waals surface area contributed by atoms with Crippen LogP contribution >= 0.6 is 11.6 Å². The number of aryl methyl sites for hydroxylation is 1. The molecular formula is C19H23ClN4O. The monoisotopic (exact) mass is 358 g/mol. The van der Waals surface area contributed by atoms with Crippen molar-refractivity contribution in [1.82, 2.24) is 20.4 Å². The highest BCUT2D eigenvalue weighted by atomic mass is 35.5. The van der Waals surface area contributed by atoms with Crippen molar-refractivity contribution in [3.8, 4) is 5.69 Å². The van der Waals surface area contributed by atoms with E-state index in [1.54, 1.807) is 6.20 Å². The van der Waals surface area contributed by atoms with Gasteiger partial charge in [0.2, 0.25) is 0 Å². The number of nitrogens with one attached hydrogen (secondary N) is 2. The minimum absolute atomic E-state index is 0.00161. The summed E-state index contributed by atoms with van der Waals surface area (Å²) in [5.74, 6) is 0.412. The lowest BCUT2D eigenvalue weighted by Crippen LogP contribution is -2.42. The molecule has 1 saturated heterocycles. The molecule has 4 rings (SSSR count). The lowest BCUT2D eigenvalue weighted by molar-refractivity contribution is 0.0928. The average Bonchev–Trinajstić information content (AvgIpc) is 3.36. The fourth-order valence-corrected chi connectivity index (χ4v) is 3.61. The maximum Gasteiger partial charge on any atom is 0.255 e. The number of carbonyl (C=O) groups is 1. The van der Waals surface area contributed by atoms with Crippen LogP contribution in [0.1, 0.15) is 53.2 Å². The highest BCUT2D eigenvalue weighted by Crippen LogP contribution is 2.42. The molecule has 5 nitrogen and oxygen atoms in total. The Bertz CT molecular complexity index is 791. The molecule has 0 unspecified atom stereocenters. The van der Waals surface area contributed by atoms with Crippen LogP contribution in [0.2, 0.25) is 5.02 Å². The number of benzene rings is 1. The van der Waals surface area contributed by atoms with Gasteiger partial charge in [-0.1, -0.05) is 17.7 Å². The molecule has 2 aliphatic rings. The van der Waals surface area contributed by atoms with Crippen molar-refractivity contribution in [3.05, 3.63) is 46.2 Å². The third-order valence-electron chi connectivity index (χ3n) is 5.09. The van der Waals surface area contributed by atoms with Crippen LogP contribution in [-0.4, -0.2) is 34.8 Å². The predicted octanol–water partition coefficient (Wildman–Crippen LogP) is 3.19. The number of amides is 1. The SMILES string of the molecule is Cc1ccc(-n2ncc(C(=O)NC3CCNCC3)c2C2CC2)cc1Cl. The Labute approximate surface area is 152 Å². The van der Waals surface area contributed by atoms with Crippen LogP contribution in [0.3, 0.4) is 0 Å². The van der Waals surface area contributed by atoms with Crippen LogP contribution in [0.4, 0.5) is 0 Å². The van der Waals surface area contributed by atoms with Gasteiger partial charge in [0, 0.05) is 17.0 Å². The number of nitrogens with zero attached hydrogens (tertiary/aromatic N) is 2. The summed E-state index contributed by atoms with van der Waals surface area (Å²) in [6.07, 6.45) is 5.88. The highest BCUT2D eigenvalue weighted by molar-refractivity contribution is 6.31. The van der Waals surface area contributed by atoms with E-state index in [9.17, 15) is 4.79 Å². The van der Waals surface area contributed by atoms with Gasteiger partial charge in [-0.25, -0.2) is 4.68 Å². The summed E-state index contributed by atoms with van der Waals surface area (Å²) in [6, 6.07) is 6.17. The van der Waals surface area contributed by atoms with Gasteiger partial charge in [-0.15, -0.1) is 0 Å². The quantitative estimate of drug-likeness (QED) is 0.882. The Hall–Kier alpha value is -1.85. The highest BCUT2D eigenvalue weighted by Gasteiger charge is 2.33. The van der Waals surface area contributed by atoms with Crippen LogP contribution < -0.4 is 10.6 Å². The molecule has 2 N–H and O–H groups in total. The zero-order valence-electron chi connectivity index (χ0n) is 14.4. The molecule has 132 valence electrons. The van der Waals surface area contributed by atoms with Crippen LogP contribution in [0.5, 0.6) is 0 Å². The van der Waals surface area contributed by atoms with Crippen molar-refractivity contribution in [2.24, 2.45) is 0 Å². The third-order valence-corrected chi connectivity index (χ3v) is 5.50. The van der Waals surface area contributed by atoms with E-state index < -0.39 is 0 Å². The molecule has 2 fully saturated rings. The molecule has 25 heavy (non-hydrogen) atoms. The number of aromatic nitrogens is 2. The Balaban J connectivity index is 1.63. The second-order valence-electron chi connectivity index (χ2n) is 7.06. The summed E-state index contributed by atoms with van der Waals surface area (Å²) in [7, 11) is 0. The van der Waals surface area contributed by atoms with Crippen LogP contribution in [0, 0.1) is 6.92 Å². The van der Waals surface area contributed by atoms with E-state index in [-0.39, 0.29) is 11.9 Å². The summed E-state index contributed by atoms with van der Waals surface area (Å²) in [6.45, 7) is 3.90. The maximum atomic E-state index is 12.8. The van der Waals surface area contributed by atoms with Gasteiger partial charge in [0.1, 0.15) is 0 Å². The van der Waals surface area contributed by atoms with E-state index in [4.69, 9.17) is 11.6 Å².